The van der Waals surface area contributed by atoms with Crippen molar-refractivity contribution < 1.29 is 8.42 Å². The molecular weight excluding hydrogens is 326 g/mol. The Morgan fingerprint density at radius 3 is 2.67 bits per heavy atom. The molecule has 0 bridgehead atoms. The number of sulfonamides is 1. The second-order valence-electron chi connectivity index (χ2n) is 4.96. The summed E-state index contributed by atoms with van der Waals surface area (Å²) in [6.45, 7) is 6.93. The molecule has 2 rings (SSSR count). The van der Waals surface area contributed by atoms with Gasteiger partial charge in [0.25, 0.3) is 0 Å². The fraction of sp³-hybridized carbons (Fsp3) is 0.462. The third kappa shape index (κ3) is 4.58. The summed E-state index contributed by atoms with van der Waals surface area (Å²) in [7, 11) is -3.47. The summed E-state index contributed by atoms with van der Waals surface area (Å²) >= 11 is 2.95. The number of nitrogens with zero attached hydrogens (tertiary/aromatic N) is 1. The van der Waals surface area contributed by atoms with Crippen molar-refractivity contribution in [3.05, 3.63) is 32.4 Å². The summed E-state index contributed by atoms with van der Waals surface area (Å²) in [6, 6.07) is 2.13. The van der Waals surface area contributed by atoms with E-state index in [4.69, 9.17) is 0 Å². The number of aryl methyl sites for hydroxylation is 1. The smallest absolute Gasteiger partial charge is 0.242 e. The van der Waals surface area contributed by atoms with E-state index in [2.05, 4.69) is 28.9 Å². The summed E-state index contributed by atoms with van der Waals surface area (Å²) < 4.78 is 27.3. The van der Waals surface area contributed by atoms with Crippen LogP contribution in [0.4, 0.5) is 0 Å². The van der Waals surface area contributed by atoms with Gasteiger partial charge in [0.1, 0.15) is 0 Å². The van der Waals surface area contributed by atoms with Crippen LogP contribution in [0.2, 0.25) is 0 Å². The molecule has 5 nitrogen and oxygen atoms in total. The molecule has 21 heavy (non-hydrogen) atoms. The van der Waals surface area contributed by atoms with E-state index in [-0.39, 0.29) is 6.54 Å². The molecule has 0 spiro atoms. The van der Waals surface area contributed by atoms with Crippen molar-refractivity contribution in [1.29, 1.82) is 0 Å². The maximum atomic E-state index is 12.4. The number of nitrogens with one attached hydrogen (secondary N) is 2. The highest BCUT2D eigenvalue weighted by molar-refractivity contribution is 7.89. The van der Waals surface area contributed by atoms with Gasteiger partial charge < -0.3 is 5.32 Å². The normalized spacial score (nSPS) is 12.2. The van der Waals surface area contributed by atoms with Crippen molar-refractivity contribution in [2.24, 2.45) is 0 Å². The molecule has 0 amide bonds. The van der Waals surface area contributed by atoms with Crippen LogP contribution in [0.15, 0.2) is 22.7 Å². The number of thiophene rings is 1. The molecule has 0 radical (unpaired) electrons. The van der Waals surface area contributed by atoms with Gasteiger partial charge >= 0.3 is 0 Å². The van der Waals surface area contributed by atoms with Crippen LogP contribution < -0.4 is 10.0 Å². The predicted octanol–water partition coefficient (Wildman–Crippen LogP) is 2.49. The summed E-state index contributed by atoms with van der Waals surface area (Å²) in [5, 5.41) is 3.30. The molecule has 2 heterocycles. The van der Waals surface area contributed by atoms with E-state index in [1.807, 2.05) is 6.92 Å². The van der Waals surface area contributed by atoms with Gasteiger partial charge in [0.2, 0.25) is 10.0 Å². The summed E-state index contributed by atoms with van der Waals surface area (Å²) in [6.07, 6.45) is 1.67. The average Bonchev–Trinajstić information content (AvgIpc) is 3.03. The molecule has 0 aliphatic carbocycles. The molecule has 8 heteroatoms. The second kappa shape index (κ2) is 6.97. The van der Waals surface area contributed by atoms with Crippen LogP contribution in [0, 0.1) is 6.92 Å². The van der Waals surface area contributed by atoms with Crippen LogP contribution in [0.1, 0.15) is 28.5 Å². The van der Waals surface area contributed by atoms with Crippen molar-refractivity contribution in [2.45, 2.75) is 44.8 Å². The third-order valence-electron chi connectivity index (χ3n) is 2.82. The van der Waals surface area contributed by atoms with E-state index in [9.17, 15) is 8.42 Å². The number of hydrogen-bond acceptors (Lipinski definition) is 6. The van der Waals surface area contributed by atoms with Crippen molar-refractivity contribution in [2.75, 3.05) is 0 Å². The quantitative estimate of drug-likeness (QED) is 0.809. The molecule has 2 N–H and O–H groups in total. The van der Waals surface area contributed by atoms with E-state index >= 15 is 0 Å². The largest absolute Gasteiger partial charge is 0.310 e. The Morgan fingerprint density at radius 1 is 1.29 bits per heavy atom. The number of hydrogen-bond donors (Lipinski definition) is 2. The van der Waals surface area contributed by atoms with E-state index in [1.54, 1.807) is 17.8 Å². The minimum Gasteiger partial charge on any atom is -0.310 e. The fourth-order valence-electron chi connectivity index (χ4n) is 1.76. The van der Waals surface area contributed by atoms with E-state index in [1.165, 1.54) is 22.7 Å². The number of aromatic nitrogens is 1. The molecule has 0 aliphatic rings. The van der Waals surface area contributed by atoms with Crippen LogP contribution in [0.3, 0.4) is 0 Å². The zero-order valence-electron chi connectivity index (χ0n) is 12.2. The summed E-state index contributed by atoms with van der Waals surface area (Å²) in [5.41, 5.74) is 1.69. The molecule has 0 atom stereocenters. The SMILES string of the molecule is Cc1sc(CNC(C)C)cc1S(=O)(=O)NCc1cncs1. The number of rotatable bonds is 7. The van der Waals surface area contributed by atoms with Crippen LogP contribution in [-0.2, 0) is 23.1 Å². The molecule has 0 aromatic carbocycles. The van der Waals surface area contributed by atoms with Gasteiger partial charge in [-0.15, -0.1) is 22.7 Å². The molecule has 116 valence electrons. The van der Waals surface area contributed by atoms with Crippen molar-refractivity contribution in [3.63, 3.8) is 0 Å². The average molecular weight is 346 g/mol. The zero-order valence-corrected chi connectivity index (χ0v) is 14.7. The Hall–Kier alpha value is -0.800. The van der Waals surface area contributed by atoms with Crippen LogP contribution in [0.25, 0.3) is 0 Å². The van der Waals surface area contributed by atoms with Crippen LogP contribution >= 0.6 is 22.7 Å². The topological polar surface area (TPSA) is 71.1 Å². The zero-order chi connectivity index (χ0) is 15.5. The van der Waals surface area contributed by atoms with E-state index in [0.29, 0.717) is 17.5 Å². The number of thiazole rings is 1. The lowest BCUT2D eigenvalue weighted by molar-refractivity contribution is 0.580. The van der Waals surface area contributed by atoms with Gasteiger partial charge in [-0.25, -0.2) is 13.1 Å². The maximum Gasteiger partial charge on any atom is 0.242 e. The van der Waals surface area contributed by atoms with Gasteiger partial charge in [0.15, 0.2) is 0 Å². The Balaban J connectivity index is 2.08. The van der Waals surface area contributed by atoms with Crippen molar-refractivity contribution >= 4 is 32.7 Å². The minimum atomic E-state index is -3.47. The monoisotopic (exact) mass is 345 g/mol. The second-order valence-corrected chi connectivity index (χ2v) is 9.01. The highest BCUT2D eigenvalue weighted by atomic mass is 32.2. The standard InChI is InChI=1S/C13H19N3O2S3/c1-9(2)15-6-11-4-13(10(3)20-11)21(17,18)16-7-12-5-14-8-19-12/h4-5,8-9,15-16H,6-7H2,1-3H3. The molecule has 0 unspecified atom stereocenters. The lowest BCUT2D eigenvalue weighted by atomic mass is 10.3. The lowest BCUT2D eigenvalue weighted by Gasteiger charge is -2.05. The molecule has 2 aromatic rings. The predicted molar refractivity (Wildman–Crippen MR) is 87.2 cm³/mol. The van der Waals surface area contributed by atoms with Gasteiger partial charge in [-0.1, -0.05) is 13.8 Å². The first-order valence-electron chi connectivity index (χ1n) is 6.58. The Labute approximate surface area is 133 Å². The molecule has 0 aliphatic heterocycles. The molecule has 0 saturated heterocycles. The first kappa shape index (κ1) is 16.6. The first-order valence-corrected chi connectivity index (χ1v) is 9.76. The minimum absolute atomic E-state index is 0.280. The van der Waals surface area contributed by atoms with Crippen LogP contribution in [0.5, 0.6) is 0 Å². The highest BCUT2D eigenvalue weighted by Gasteiger charge is 2.19. The highest BCUT2D eigenvalue weighted by Crippen LogP contribution is 2.26. The summed E-state index contributed by atoms with van der Waals surface area (Å²) in [4.78, 5) is 7.04. The lowest BCUT2D eigenvalue weighted by Crippen LogP contribution is -2.23. The Kier molecular flexibility index (Phi) is 5.50. The Morgan fingerprint density at radius 2 is 2.05 bits per heavy atom. The third-order valence-corrected chi connectivity index (χ3v) is 6.30. The van der Waals surface area contributed by atoms with E-state index in [0.717, 1.165) is 14.6 Å². The van der Waals surface area contributed by atoms with Gasteiger partial charge in [-0.3, -0.25) is 4.98 Å². The fourth-order valence-corrected chi connectivity index (χ4v) is 4.97. The van der Waals surface area contributed by atoms with Gasteiger partial charge in [0, 0.05) is 40.0 Å². The molecular formula is C13H19N3O2S3. The van der Waals surface area contributed by atoms with Crippen LogP contribution in [-0.4, -0.2) is 19.4 Å². The van der Waals surface area contributed by atoms with Crippen molar-refractivity contribution in [3.8, 4) is 0 Å². The maximum absolute atomic E-state index is 12.4. The van der Waals surface area contributed by atoms with E-state index < -0.39 is 10.0 Å². The molecule has 0 saturated carbocycles. The van der Waals surface area contributed by atoms with Gasteiger partial charge in [-0.2, -0.15) is 0 Å². The first-order chi connectivity index (χ1) is 9.88. The molecule has 2 aromatic heterocycles. The Bertz CT molecular complexity index is 676. The summed E-state index contributed by atoms with van der Waals surface area (Å²) in [5.74, 6) is 0. The van der Waals surface area contributed by atoms with Crippen molar-refractivity contribution in [1.82, 2.24) is 15.0 Å². The van der Waals surface area contributed by atoms with Gasteiger partial charge in [0.05, 0.1) is 10.4 Å². The van der Waals surface area contributed by atoms with Gasteiger partial charge in [-0.05, 0) is 13.0 Å². The molecule has 0 fully saturated rings.